The van der Waals surface area contributed by atoms with Crippen LogP contribution in [-0.2, 0) is 19.9 Å². The molecule has 25 heavy (non-hydrogen) atoms. The van der Waals surface area contributed by atoms with Crippen molar-refractivity contribution < 1.29 is 19.1 Å². The fraction of sp³-hybridized carbons (Fsp3) is 0.471. The van der Waals surface area contributed by atoms with Crippen LogP contribution in [0.5, 0.6) is 0 Å². The van der Waals surface area contributed by atoms with Crippen LogP contribution in [0, 0.1) is 0 Å². The molecule has 2 atom stereocenters. The van der Waals surface area contributed by atoms with Gasteiger partial charge in [-0.2, -0.15) is 0 Å². The fourth-order valence-corrected chi connectivity index (χ4v) is 4.29. The average Bonchev–Trinajstić information content (AvgIpc) is 2.86. The second kappa shape index (κ2) is 7.05. The summed E-state index contributed by atoms with van der Waals surface area (Å²) in [7, 11) is 1.37. The number of hydrogen-bond donors (Lipinski definition) is 1. The van der Waals surface area contributed by atoms with Crippen molar-refractivity contribution in [2.24, 2.45) is 0 Å². The van der Waals surface area contributed by atoms with Crippen LogP contribution in [0.3, 0.4) is 0 Å². The summed E-state index contributed by atoms with van der Waals surface area (Å²) in [4.78, 5) is 40.2. The molecule has 0 saturated carbocycles. The van der Waals surface area contributed by atoms with E-state index in [0.717, 1.165) is 11.3 Å². The number of nitrogens with zero attached hydrogens (tertiary/aromatic N) is 2. The minimum Gasteiger partial charge on any atom is -0.468 e. The van der Waals surface area contributed by atoms with Crippen molar-refractivity contribution in [2.45, 2.75) is 17.7 Å². The molecule has 0 unspecified atom stereocenters. The molecule has 134 valence electrons. The first-order chi connectivity index (χ1) is 12.0. The first-order valence-corrected chi connectivity index (χ1v) is 9.12. The van der Waals surface area contributed by atoms with E-state index < -0.39 is 11.6 Å². The van der Waals surface area contributed by atoms with Crippen LogP contribution in [0.25, 0.3) is 0 Å². The molecule has 0 radical (unpaired) electrons. The Labute approximate surface area is 150 Å². The summed E-state index contributed by atoms with van der Waals surface area (Å²) in [6, 6.07) is 8.78. The van der Waals surface area contributed by atoms with Crippen LogP contribution in [0.15, 0.2) is 30.3 Å². The maximum absolute atomic E-state index is 12.9. The van der Waals surface area contributed by atoms with Gasteiger partial charge in [0.05, 0.1) is 13.8 Å². The zero-order valence-corrected chi connectivity index (χ0v) is 15.0. The van der Waals surface area contributed by atoms with Crippen LogP contribution in [0.1, 0.15) is 12.5 Å². The number of benzene rings is 1. The third kappa shape index (κ3) is 3.36. The number of nitrogens with one attached hydrogen (secondary N) is 1. The first-order valence-electron chi connectivity index (χ1n) is 8.07. The summed E-state index contributed by atoms with van der Waals surface area (Å²) in [6.45, 7) is 3.04. The summed E-state index contributed by atoms with van der Waals surface area (Å²) in [6.07, 6.45) is 0. The molecule has 1 N–H and O–H groups in total. The van der Waals surface area contributed by atoms with Gasteiger partial charge in [-0.3, -0.25) is 14.5 Å². The molecule has 0 aliphatic carbocycles. The van der Waals surface area contributed by atoms with Crippen LogP contribution in [0.4, 0.5) is 4.79 Å². The molecule has 1 aromatic carbocycles. The van der Waals surface area contributed by atoms with Crippen LogP contribution in [0.2, 0.25) is 0 Å². The van der Waals surface area contributed by atoms with Gasteiger partial charge in [0.15, 0.2) is 0 Å². The minimum atomic E-state index is -1.06. The van der Waals surface area contributed by atoms with Crippen molar-refractivity contribution in [3.8, 4) is 0 Å². The average molecular weight is 363 g/mol. The number of urea groups is 1. The third-order valence-electron chi connectivity index (χ3n) is 4.58. The molecule has 1 aromatic rings. The molecule has 2 heterocycles. The van der Waals surface area contributed by atoms with Gasteiger partial charge in [0.25, 0.3) is 5.91 Å². The highest BCUT2D eigenvalue weighted by Crippen LogP contribution is 2.29. The van der Waals surface area contributed by atoms with E-state index in [4.69, 9.17) is 4.74 Å². The van der Waals surface area contributed by atoms with Gasteiger partial charge in [0, 0.05) is 18.8 Å². The van der Waals surface area contributed by atoms with Gasteiger partial charge in [-0.15, -0.1) is 11.8 Å². The van der Waals surface area contributed by atoms with Crippen molar-refractivity contribution >= 4 is 29.7 Å². The normalized spacial score (nSPS) is 27.3. The number of methoxy groups -OCH3 is 1. The minimum absolute atomic E-state index is 0.168. The fourth-order valence-electron chi connectivity index (χ4n) is 3.10. The van der Waals surface area contributed by atoms with E-state index in [9.17, 15) is 14.4 Å². The van der Waals surface area contributed by atoms with Gasteiger partial charge in [0.2, 0.25) is 0 Å². The number of carbonyl (C=O) groups is 3. The molecule has 7 nitrogen and oxygen atoms in total. The van der Waals surface area contributed by atoms with Gasteiger partial charge < -0.3 is 10.1 Å². The van der Waals surface area contributed by atoms with Crippen molar-refractivity contribution in [3.63, 3.8) is 0 Å². The Balaban J connectivity index is 1.72. The maximum Gasteiger partial charge on any atom is 0.326 e. The van der Waals surface area contributed by atoms with E-state index in [1.54, 1.807) is 6.92 Å². The molecule has 0 spiro atoms. The topological polar surface area (TPSA) is 79.0 Å². The molecule has 3 rings (SSSR count). The maximum atomic E-state index is 12.9. The highest BCUT2D eigenvalue weighted by molar-refractivity contribution is 8.00. The molecule has 2 fully saturated rings. The Morgan fingerprint density at radius 1 is 1.36 bits per heavy atom. The second-order valence-corrected chi connectivity index (χ2v) is 7.57. The lowest BCUT2D eigenvalue weighted by Crippen LogP contribution is -2.49. The van der Waals surface area contributed by atoms with Crippen LogP contribution in [-0.4, -0.2) is 65.6 Å². The molecule has 8 heteroatoms. The molecular weight excluding hydrogens is 342 g/mol. The first kappa shape index (κ1) is 17.8. The van der Waals surface area contributed by atoms with E-state index in [0.29, 0.717) is 13.1 Å². The zero-order valence-electron chi connectivity index (χ0n) is 14.2. The Morgan fingerprint density at radius 2 is 2.08 bits per heavy atom. The monoisotopic (exact) mass is 363 g/mol. The van der Waals surface area contributed by atoms with Gasteiger partial charge in [-0.25, -0.2) is 9.69 Å². The van der Waals surface area contributed by atoms with E-state index in [1.807, 2.05) is 35.2 Å². The number of ether oxygens (including phenoxy) is 1. The van der Waals surface area contributed by atoms with E-state index in [1.165, 1.54) is 23.8 Å². The largest absolute Gasteiger partial charge is 0.468 e. The third-order valence-corrected chi connectivity index (χ3v) is 5.74. The van der Waals surface area contributed by atoms with Gasteiger partial charge in [-0.05, 0) is 12.5 Å². The van der Waals surface area contributed by atoms with Gasteiger partial charge >= 0.3 is 12.0 Å². The second-order valence-electron chi connectivity index (χ2n) is 6.26. The lowest BCUT2D eigenvalue weighted by atomic mass is 9.92. The number of hydrogen-bond acceptors (Lipinski definition) is 6. The standard InChI is InChI=1S/C17H21N3O4S/c1-17(12-6-4-3-5-7-12)15(22)20(16(23)18-17)11-19-8-9-25-13(10-19)14(21)24-2/h3-7,13H,8-11H2,1-2H3,(H,18,23)/t13-,17-/m0/s1. The van der Waals surface area contributed by atoms with Gasteiger partial charge in [-0.1, -0.05) is 30.3 Å². The summed E-state index contributed by atoms with van der Waals surface area (Å²) >= 11 is 1.54. The van der Waals surface area contributed by atoms with Crippen LogP contribution < -0.4 is 5.32 Å². The molecule has 3 amide bonds. The van der Waals surface area contributed by atoms with E-state index in [-0.39, 0.29) is 23.8 Å². The lowest BCUT2D eigenvalue weighted by Gasteiger charge is -2.33. The summed E-state index contributed by atoms with van der Waals surface area (Å²) in [5.41, 5.74) is -0.317. The lowest BCUT2D eigenvalue weighted by molar-refractivity contribution is -0.140. The molecule has 0 aromatic heterocycles. The smallest absolute Gasteiger partial charge is 0.326 e. The highest BCUT2D eigenvalue weighted by Gasteiger charge is 2.49. The number of amides is 3. The summed E-state index contributed by atoms with van der Waals surface area (Å²) in [5.74, 6) is 0.192. The van der Waals surface area contributed by atoms with Crippen molar-refractivity contribution in [1.29, 1.82) is 0 Å². The van der Waals surface area contributed by atoms with Gasteiger partial charge in [0.1, 0.15) is 10.8 Å². The quantitative estimate of drug-likeness (QED) is 0.635. The van der Waals surface area contributed by atoms with Crippen molar-refractivity contribution in [3.05, 3.63) is 35.9 Å². The summed E-state index contributed by atoms with van der Waals surface area (Å²) < 4.78 is 4.79. The van der Waals surface area contributed by atoms with E-state index in [2.05, 4.69) is 5.32 Å². The van der Waals surface area contributed by atoms with E-state index >= 15 is 0 Å². The molecular formula is C17H21N3O4S. The predicted molar refractivity (Wildman–Crippen MR) is 93.9 cm³/mol. The zero-order chi connectivity index (χ0) is 18.0. The number of thioether (sulfide) groups is 1. The molecule has 2 aliphatic heterocycles. The number of carbonyl (C=O) groups excluding carboxylic acids is 3. The highest BCUT2D eigenvalue weighted by atomic mass is 32.2. The van der Waals surface area contributed by atoms with Crippen molar-refractivity contribution in [2.75, 3.05) is 32.6 Å². The number of esters is 1. The molecule has 2 aliphatic rings. The predicted octanol–water partition coefficient (Wildman–Crippen LogP) is 1.00. The molecule has 2 saturated heterocycles. The Kier molecular flexibility index (Phi) is 5.01. The Bertz CT molecular complexity index is 684. The number of rotatable bonds is 4. The van der Waals surface area contributed by atoms with Crippen LogP contribution >= 0.6 is 11.8 Å². The Morgan fingerprint density at radius 3 is 2.76 bits per heavy atom. The number of imide groups is 1. The molecule has 0 bridgehead atoms. The SMILES string of the molecule is COC(=O)[C@@H]1CN(CN2C(=O)N[C@@](C)(c3ccccc3)C2=O)CCS1. The summed E-state index contributed by atoms with van der Waals surface area (Å²) in [5, 5.41) is 2.50. The Hall–Kier alpha value is -2.06. The van der Waals surface area contributed by atoms with Crippen molar-refractivity contribution in [1.82, 2.24) is 15.1 Å².